The molecule has 2 aromatic rings. The van der Waals surface area contributed by atoms with E-state index in [9.17, 15) is 28.1 Å². The van der Waals surface area contributed by atoms with Crippen LogP contribution < -0.4 is 14.4 Å². The Kier molecular flexibility index (Phi) is 9.91. The lowest BCUT2D eigenvalue weighted by Crippen LogP contribution is -2.51. The number of nitro groups is 1. The molecule has 0 spiro atoms. The second kappa shape index (κ2) is 12.2. The molecular weight excluding hydrogens is 535 g/mol. The van der Waals surface area contributed by atoms with Gasteiger partial charge in [0.25, 0.3) is 5.69 Å². The van der Waals surface area contributed by atoms with E-state index in [1.165, 1.54) is 25.1 Å². The monoisotopic (exact) mass is 560 g/mol. The first-order valence-corrected chi connectivity index (χ1v) is 13.2. The molecule has 1 atom stereocenters. The predicted molar refractivity (Wildman–Crippen MR) is 137 cm³/mol. The number of ether oxygens (including phenoxy) is 1. The van der Waals surface area contributed by atoms with Crippen LogP contribution in [0.3, 0.4) is 0 Å². The topological polar surface area (TPSA) is 139 Å². The second-order valence-electron chi connectivity index (χ2n) is 7.69. The highest BCUT2D eigenvalue weighted by Crippen LogP contribution is 2.34. The lowest BCUT2D eigenvalue weighted by atomic mass is 10.1. The summed E-state index contributed by atoms with van der Waals surface area (Å²) in [4.78, 5) is 38.0. The van der Waals surface area contributed by atoms with Crippen LogP contribution in [0.1, 0.15) is 18.9 Å². The predicted octanol–water partition coefficient (Wildman–Crippen LogP) is 3.23. The second-order valence-corrected chi connectivity index (χ2v) is 10.4. The number of carbonyl (C=O) groups is 2. The minimum absolute atomic E-state index is 0.00759. The van der Waals surface area contributed by atoms with Crippen molar-refractivity contribution in [2.24, 2.45) is 0 Å². The van der Waals surface area contributed by atoms with Crippen LogP contribution in [0.25, 0.3) is 0 Å². The molecule has 196 valence electrons. The number of sulfonamides is 1. The highest BCUT2D eigenvalue weighted by molar-refractivity contribution is 7.92. The molecule has 36 heavy (non-hydrogen) atoms. The van der Waals surface area contributed by atoms with E-state index in [0.29, 0.717) is 14.9 Å². The zero-order chi connectivity index (χ0) is 27.2. The van der Waals surface area contributed by atoms with E-state index in [2.05, 4.69) is 5.32 Å². The molecule has 1 N–H and O–H groups in total. The SMILES string of the molecule is CCC(C(=O)NC)N(Cc1ccc(Cl)c(Cl)c1)C(=O)CN(c1cc([N+](=O)[O-])ccc1OC)S(C)(=O)=O. The van der Waals surface area contributed by atoms with Crippen LogP contribution in [0.15, 0.2) is 36.4 Å². The third-order valence-electron chi connectivity index (χ3n) is 5.29. The summed E-state index contributed by atoms with van der Waals surface area (Å²) in [6, 6.07) is 7.17. The van der Waals surface area contributed by atoms with E-state index < -0.39 is 45.0 Å². The van der Waals surface area contributed by atoms with Gasteiger partial charge in [0.2, 0.25) is 21.8 Å². The molecule has 0 saturated carbocycles. The van der Waals surface area contributed by atoms with Gasteiger partial charge in [0, 0.05) is 25.7 Å². The third-order valence-corrected chi connectivity index (χ3v) is 7.16. The van der Waals surface area contributed by atoms with Crippen molar-refractivity contribution in [1.82, 2.24) is 10.2 Å². The highest BCUT2D eigenvalue weighted by atomic mass is 35.5. The molecule has 0 fully saturated rings. The number of hydrogen-bond donors (Lipinski definition) is 1. The van der Waals surface area contributed by atoms with Gasteiger partial charge in [-0.3, -0.25) is 24.0 Å². The van der Waals surface area contributed by atoms with E-state index in [4.69, 9.17) is 27.9 Å². The van der Waals surface area contributed by atoms with Gasteiger partial charge < -0.3 is 15.0 Å². The van der Waals surface area contributed by atoms with Crippen LogP contribution in [0.5, 0.6) is 5.75 Å². The molecule has 1 unspecified atom stereocenters. The number of nitrogens with zero attached hydrogens (tertiary/aromatic N) is 3. The molecule has 0 aliphatic carbocycles. The molecule has 0 aliphatic heterocycles. The van der Waals surface area contributed by atoms with Crippen LogP contribution in [0.4, 0.5) is 11.4 Å². The van der Waals surface area contributed by atoms with Crippen LogP contribution in [0, 0.1) is 10.1 Å². The largest absolute Gasteiger partial charge is 0.495 e. The Balaban J connectivity index is 2.57. The van der Waals surface area contributed by atoms with Gasteiger partial charge in [0.1, 0.15) is 24.0 Å². The average Bonchev–Trinajstić information content (AvgIpc) is 2.82. The van der Waals surface area contributed by atoms with Crippen LogP contribution in [-0.4, -0.2) is 63.1 Å². The number of likely N-dealkylation sites (N-methyl/N-ethyl adjacent to an activating group) is 1. The summed E-state index contributed by atoms with van der Waals surface area (Å²) in [5, 5.41) is 14.4. The van der Waals surface area contributed by atoms with Crippen LogP contribution in [0.2, 0.25) is 10.0 Å². The van der Waals surface area contributed by atoms with Crippen molar-refractivity contribution in [3.63, 3.8) is 0 Å². The summed E-state index contributed by atoms with van der Waals surface area (Å²) in [5.74, 6) is -1.17. The van der Waals surface area contributed by atoms with Crippen molar-refractivity contribution < 1.29 is 27.7 Å². The summed E-state index contributed by atoms with van der Waals surface area (Å²) in [6.07, 6.45) is 1.09. The van der Waals surface area contributed by atoms with E-state index in [0.717, 1.165) is 18.4 Å². The number of benzene rings is 2. The lowest BCUT2D eigenvalue weighted by molar-refractivity contribution is -0.384. The number of amides is 2. The molecule has 0 radical (unpaired) electrons. The smallest absolute Gasteiger partial charge is 0.271 e. The Morgan fingerprint density at radius 1 is 1.17 bits per heavy atom. The van der Waals surface area contributed by atoms with Crippen molar-refractivity contribution in [2.75, 3.05) is 31.3 Å². The van der Waals surface area contributed by atoms with Crippen LogP contribution >= 0.6 is 23.2 Å². The van der Waals surface area contributed by atoms with Gasteiger partial charge in [-0.05, 0) is 30.2 Å². The number of nitro benzene ring substituents is 1. The van der Waals surface area contributed by atoms with Gasteiger partial charge in [-0.15, -0.1) is 0 Å². The van der Waals surface area contributed by atoms with Crippen molar-refractivity contribution in [3.05, 3.63) is 62.1 Å². The van der Waals surface area contributed by atoms with Crippen LogP contribution in [-0.2, 0) is 26.2 Å². The lowest BCUT2D eigenvalue weighted by Gasteiger charge is -2.32. The van der Waals surface area contributed by atoms with Crippen molar-refractivity contribution in [1.29, 1.82) is 0 Å². The molecule has 0 saturated heterocycles. The summed E-state index contributed by atoms with van der Waals surface area (Å²) >= 11 is 12.1. The summed E-state index contributed by atoms with van der Waals surface area (Å²) in [5.41, 5.74) is -0.0275. The number of methoxy groups -OCH3 is 1. The van der Waals surface area contributed by atoms with E-state index in [1.54, 1.807) is 25.1 Å². The Morgan fingerprint density at radius 2 is 1.83 bits per heavy atom. The fraction of sp³-hybridized carbons (Fsp3) is 0.364. The van der Waals surface area contributed by atoms with Gasteiger partial charge in [-0.1, -0.05) is 36.2 Å². The van der Waals surface area contributed by atoms with Crippen molar-refractivity contribution in [2.45, 2.75) is 25.9 Å². The Hall–Kier alpha value is -3.09. The minimum atomic E-state index is -4.12. The highest BCUT2D eigenvalue weighted by Gasteiger charge is 2.33. The molecule has 0 bridgehead atoms. The molecule has 0 aromatic heterocycles. The Morgan fingerprint density at radius 3 is 2.33 bits per heavy atom. The standard InChI is InChI=1S/C22H26Cl2N4O7S/c1-5-18(22(30)25-2)26(12-14-6-8-16(23)17(24)10-14)21(29)13-27(36(4,33)34)19-11-15(28(31)32)7-9-20(19)35-3/h6-11,18H,5,12-13H2,1-4H3,(H,25,30). The maximum Gasteiger partial charge on any atom is 0.271 e. The summed E-state index contributed by atoms with van der Waals surface area (Å²) in [7, 11) is -1.43. The molecule has 2 amide bonds. The van der Waals surface area contributed by atoms with Gasteiger partial charge >= 0.3 is 0 Å². The van der Waals surface area contributed by atoms with Crippen molar-refractivity contribution in [3.8, 4) is 5.75 Å². The molecule has 2 rings (SSSR count). The number of anilines is 1. The van der Waals surface area contributed by atoms with Gasteiger partial charge in [0.15, 0.2) is 0 Å². The number of hydrogen-bond acceptors (Lipinski definition) is 7. The van der Waals surface area contributed by atoms with Gasteiger partial charge in [0.05, 0.1) is 28.3 Å². The number of nitrogens with one attached hydrogen (secondary N) is 1. The van der Waals surface area contributed by atoms with E-state index in [-0.39, 0.29) is 29.4 Å². The minimum Gasteiger partial charge on any atom is -0.495 e. The number of halogens is 2. The summed E-state index contributed by atoms with van der Waals surface area (Å²) in [6.45, 7) is 0.878. The first kappa shape index (κ1) is 29.1. The van der Waals surface area contributed by atoms with Gasteiger partial charge in [-0.25, -0.2) is 8.42 Å². The van der Waals surface area contributed by atoms with E-state index in [1.807, 2.05) is 0 Å². The number of non-ortho nitro benzene ring substituents is 1. The molecule has 2 aromatic carbocycles. The molecule has 11 nitrogen and oxygen atoms in total. The fourth-order valence-corrected chi connectivity index (χ4v) is 4.67. The van der Waals surface area contributed by atoms with Crippen molar-refractivity contribution >= 4 is 56.4 Å². The zero-order valence-electron chi connectivity index (χ0n) is 20.0. The Bertz CT molecular complexity index is 1260. The Labute approximate surface area is 219 Å². The maximum atomic E-state index is 13.6. The molecule has 14 heteroatoms. The molecular formula is C22H26Cl2N4O7S. The quantitative estimate of drug-likeness (QED) is 0.328. The number of rotatable bonds is 11. The first-order valence-electron chi connectivity index (χ1n) is 10.6. The number of carbonyl (C=O) groups excluding carboxylic acids is 2. The maximum absolute atomic E-state index is 13.6. The fourth-order valence-electron chi connectivity index (χ4n) is 3.50. The molecule has 0 aliphatic rings. The van der Waals surface area contributed by atoms with E-state index >= 15 is 0 Å². The molecule has 0 heterocycles. The van der Waals surface area contributed by atoms with Gasteiger partial charge in [-0.2, -0.15) is 0 Å². The third kappa shape index (κ3) is 6.99. The summed E-state index contributed by atoms with van der Waals surface area (Å²) < 4.78 is 31.4. The average molecular weight is 561 g/mol. The first-order chi connectivity index (χ1) is 16.8. The normalized spacial score (nSPS) is 11.9. The zero-order valence-corrected chi connectivity index (χ0v) is 22.4.